The van der Waals surface area contributed by atoms with Gasteiger partial charge < -0.3 is 8.92 Å². The van der Waals surface area contributed by atoms with Gasteiger partial charge in [-0.1, -0.05) is 19.6 Å². The molecule has 0 saturated carbocycles. The SMILES string of the molecule is COc1c(C)c(C)cc(OS(=O)(=O)C(F)(F)F)c1[Si](C)(C)C. The first-order valence-electron chi connectivity index (χ1n) is 6.41. The molecule has 0 bridgehead atoms. The van der Waals surface area contributed by atoms with Crippen molar-refractivity contribution >= 4 is 23.4 Å². The van der Waals surface area contributed by atoms with Crippen LogP contribution in [0.1, 0.15) is 11.1 Å². The van der Waals surface area contributed by atoms with E-state index < -0.39 is 23.7 Å². The van der Waals surface area contributed by atoms with Crippen LogP contribution in [0.25, 0.3) is 0 Å². The second-order valence-corrected chi connectivity index (χ2v) is 12.5. The average molecular weight is 356 g/mol. The van der Waals surface area contributed by atoms with Gasteiger partial charge >= 0.3 is 15.6 Å². The Balaban J connectivity index is 3.66. The molecule has 0 amide bonds. The van der Waals surface area contributed by atoms with E-state index in [1.807, 2.05) is 19.6 Å². The van der Waals surface area contributed by atoms with E-state index in [1.54, 1.807) is 13.8 Å². The Morgan fingerprint density at radius 1 is 1.14 bits per heavy atom. The summed E-state index contributed by atoms with van der Waals surface area (Å²) in [5.74, 6) is 0.0722. The van der Waals surface area contributed by atoms with Crippen LogP contribution >= 0.6 is 0 Å². The van der Waals surface area contributed by atoms with Crippen molar-refractivity contribution in [2.24, 2.45) is 0 Å². The predicted octanol–water partition coefficient (Wildman–Crippen LogP) is 3.09. The number of rotatable bonds is 4. The van der Waals surface area contributed by atoms with Gasteiger partial charge in [-0.15, -0.1) is 0 Å². The molecule has 126 valence electrons. The third-order valence-corrected chi connectivity index (χ3v) is 6.13. The Hall–Kier alpha value is -1.22. The van der Waals surface area contributed by atoms with Gasteiger partial charge in [-0.2, -0.15) is 21.6 Å². The van der Waals surface area contributed by atoms with Gasteiger partial charge in [-0.3, -0.25) is 0 Å². The minimum absolute atomic E-state index is 0.309. The van der Waals surface area contributed by atoms with E-state index in [0.717, 1.165) is 5.56 Å². The molecule has 0 spiro atoms. The number of aryl methyl sites for hydroxylation is 1. The van der Waals surface area contributed by atoms with E-state index in [4.69, 9.17) is 4.74 Å². The smallest absolute Gasteiger partial charge is 0.496 e. The van der Waals surface area contributed by atoms with Crippen LogP contribution < -0.4 is 14.1 Å². The van der Waals surface area contributed by atoms with Crippen molar-refractivity contribution in [2.75, 3.05) is 7.11 Å². The quantitative estimate of drug-likeness (QED) is 0.473. The fourth-order valence-corrected chi connectivity index (χ4v) is 4.42. The number of benzene rings is 1. The molecule has 0 aliphatic rings. The molecule has 9 heteroatoms. The highest BCUT2D eigenvalue weighted by Gasteiger charge is 2.49. The van der Waals surface area contributed by atoms with E-state index in [1.165, 1.54) is 13.2 Å². The van der Waals surface area contributed by atoms with Crippen molar-refractivity contribution < 1.29 is 30.5 Å². The standard InChI is InChI=1S/C13H19F3O4SSi/c1-8-7-10(20-21(17,18)13(14,15)16)12(22(4,5)6)11(19-3)9(8)2/h7H,1-6H3. The first-order chi connectivity index (χ1) is 9.72. The van der Waals surface area contributed by atoms with E-state index in [-0.39, 0.29) is 5.75 Å². The lowest BCUT2D eigenvalue weighted by Gasteiger charge is -2.26. The summed E-state index contributed by atoms with van der Waals surface area (Å²) in [4.78, 5) is 0. The van der Waals surface area contributed by atoms with Crippen LogP contribution in [0.3, 0.4) is 0 Å². The normalized spacial score (nSPS) is 13.1. The average Bonchev–Trinajstić information content (AvgIpc) is 2.29. The van der Waals surface area contributed by atoms with Gasteiger partial charge in [0.2, 0.25) is 0 Å². The number of methoxy groups -OCH3 is 1. The maximum Gasteiger partial charge on any atom is 0.534 e. The van der Waals surface area contributed by atoms with Crippen LogP contribution in [0, 0.1) is 13.8 Å². The molecule has 0 atom stereocenters. The van der Waals surface area contributed by atoms with Crippen LogP contribution in [0.15, 0.2) is 6.07 Å². The highest BCUT2D eigenvalue weighted by atomic mass is 32.2. The highest BCUT2D eigenvalue weighted by Crippen LogP contribution is 2.32. The van der Waals surface area contributed by atoms with E-state index in [9.17, 15) is 21.6 Å². The van der Waals surface area contributed by atoms with Gasteiger partial charge in [-0.05, 0) is 31.0 Å². The Morgan fingerprint density at radius 3 is 2.00 bits per heavy atom. The van der Waals surface area contributed by atoms with Crippen LogP contribution in [0.4, 0.5) is 13.2 Å². The molecule has 0 heterocycles. The molecule has 0 N–H and O–H groups in total. The van der Waals surface area contributed by atoms with Crippen molar-refractivity contribution in [2.45, 2.75) is 39.0 Å². The molecule has 1 aromatic carbocycles. The molecule has 1 rings (SSSR count). The van der Waals surface area contributed by atoms with Crippen LogP contribution in [0.2, 0.25) is 19.6 Å². The van der Waals surface area contributed by atoms with Crippen LogP contribution in [-0.2, 0) is 10.1 Å². The Kier molecular flexibility index (Phi) is 4.93. The van der Waals surface area contributed by atoms with Gasteiger partial charge in [0.05, 0.1) is 15.2 Å². The Bertz CT molecular complexity index is 676. The molecular weight excluding hydrogens is 337 g/mol. The molecule has 0 saturated heterocycles. The van der Waals surface area contributed by atoms with E-state index >= 15 is 0 Å². The molecule has 1 aromatic rings. The lowest BCUT2D eigenvalue weighted by Crippen LogP contribution is -2.41. The number of hydrogen-bond donors (Lipinski definition) is 0. The molecular formula is C13H19F3O4SSi. The molecule has 0 unspecified atom stereocenters. The van der Waals surface area contributed by atoms with E-state index in [0.29, 0.717) is 16.5 Å². The topological polar surface area (TPSA) is 52.6 Å². The molecule has 22 heavy (non-hydrogen) atoms. The fourth-order valence-electron chi connectivity index (χ4n) is 2.05. The van der Waals surface area contributed by atoms with Gasteiger partial charge in [0.25, 0.3) is 0 Å². The summed E-state index contributed by atoms with van der Waals surface area (Å²) in [6, 6.07) is 1.31. The number of ether oxygens (including phenoxy) is 1. The van der Waals surface area contributed by atoms with Crippen molar-refractivity contribution in [3.05, 3.63) is 17.2 Å². The Labute approximate surface area is 129 Å². The lowest BCUT2D eigenvalue weighted by molar-refractivity contribution is -0.0499. The minimum Gasteiger partial charge on any atom is -0.496 e. The lowest BCUT2D eigenvalue weighted by atomic mass is 10.1. The highest BCUT2D eigenvalue weighted by molar-refractivity contribution is 7.88. The van der Waals surface area contributed by atoms with Crippen LogP contribution in [0.5, 0.6) is 11.5 Å². The maximum atomic E-state index is 12.6. The van der Waals surface area contributed by atoms with Gasteiger partial charge in [0, 0.05) is 5.19 Å². The van der Waals surface area contributed by atoms with Crippen molar-refractivity contribution in [1.82, 2.24) is 0 Å². The minimum atomic E-state index is -5.72. The number of halogens is 3. The molecule has 0 aromatic heterocycles. The van der Waals surface area contributed by atoms with Crippen molar-refractivity contribution in [3.8, 4) is 11.5 Å². The summed E-state index contributed by atoms with van der Waals surface area (Å²) in [6.07, 6.45) is 0. The zero-order chi connectivity index (χ0) is 17.5. The zero-order valence-electron chi connectivity index (χ0n) is 13.3. The van der Waals surface area contributed by atoms with Crippen molar-refractivity contribution in [3.63, 3.8) is 0 Å². The first kappa shape index (κ1) is 18.8. The number of hydrogen-bond acceptors (Lipinski definition) is 4. The molecule has 0 aliphatic heterocycles. The Morgan fingerprint density at radius 2 is 1.64 bits per heavy atom. The summed E-state index contributed by atoms with van der Waals surface area (Å²) in [5.41, 5.74) is -4.14. The molecule has 4 nitrogen and oxygen atoms in total. The molecule has 0 aliphatic carbocycles. The fraction of sp³-hybridized carbons (Fsp3) is 0.538. The third kappa shape index (κ3) is 3.57. The summed E-state index contributed by atoms with van der Waals surface area (Å²) in [5, 5.41) is 0.408. The summed E-state index contributed by atoms with van der Waals surface area (Å²) < 4.78 is 70.1. The third-order valence-electron chi connectivity index (χ3n) is 3.19. The summed E-state index contributed by atoms with van der Waals surface area (Å²) in [6.45, 7) is 9.02. The summed E-state index contributed by atoms with van der Waals surface area (Å²) >= 11 is 0. The second kappa shape index (κ2) is 5.77. The molecule has 0 fully saturated rings. The maximum absolute atomic E-state index is 12.6. The summed E-state index contributed by atoms with van der Waals surface area (Å²) in [7, 11) is -6.56. The van der Waals surface area contributed by atoms with Gasteiger partial charge in [0.1, 0.15) is 11.5 Å². The van der Waals surface area contributed by atoms with Crippen LogP contribution in [-0.4, -0.2) is 29.1 Å². The largest absolute Gasteiger partial charge is 0.534 e. The van der Waals surface area contributed by atoms with Gasteiger partial charge in [0.15, 0.2) is 0 Å². The second-order valence-electron chi connectivity index (χ2n) is 5.96. The monoisotopic (exact) mass is 356 g/mol. The first-order valence-corrected chi connectivity index (χ1v) is 11.3. The van der Waals surface area contributed by atoms with E-state index in [2.05, 4.69) is 4.18 Å². The van der Waals surface area contributed by atoms with Crippen molar-refractivity contribution in [1.29, 1.82) is 0 Å². The molecule has 0 radical (unpaired) electrons. The predicted molar refractivity (Wildman–Crippen MR) is 81.1 cm³/mol. The zero-order valence-corrected chi connectivity index (χ0v) is 15.1. The number of alkyl halides is 3. The van der Waals surface area contributed by atoms with Gasteiger partial charge in [-0.25, -0.2) is 0 Å².